The van der Waals surface area contributed by atoms with Gasteiger partial charge < -0.3 is 0 Å². The summed E-state index contributed by atoms with van der Waals surface area (Å²) in [6.07, 6.45) is 0.509. The second-order valence-electron chi connectivity index (χ2n) is 2.17. The van der Waals surface area contributed by atoms with Gasteiger partial charge in [0.05, 0.1) is 4.90 Å². The van der Waals surface area contributed by atoms with E-state index >= 15 is 0 Å². The van der Waals surface area contributed by atoms with Gasteiger partial charge in [0.2, 0.25) is 0 Å². The number of hydrogen-bond donors (Lipinski definition) is 1. The molecule has 0 aliphatic heterocycles. The summed E-state index contributed by atoms with van der Waals surface area (Å²) >= 11 is 0. The van der Waals surface area contributed by atoms with Crippen LogP contribution in [-0.2, 0) is 10.1 Å². The van der Waals surface area contributed by atoms with Gasteiger partial charge in [0, 0.05) is 5.56 Å². The third-order valence-corrected chi connectivity index (χ3v) is 2.14. The summed E-state index contributed by atoms with van der Waals surface area (Å²) in [4.78, 5) is 9.94. The fourth-order valence-electron chi connectivity index (χ4n) is 0.748. The third kappa shape index (κ3) is 3.58. The van der Waals surface area contributed by atoms with Crippen molar-refractivity contribution < 1.29 is 47.3 Å². The number of aldehydes is 1. The van der Waals surface area contributed by atoms with Crippen LogP contribution in [0.3, 0.4) is 0 Å². The predicted molar refractivity (Wildman–Crippen MR) is 41.6 cm³/mol. The van der Waals surface area contributed by atoms with E-state index in [0.717, 1.165) is 6.07 Å². The molecule has 1 aromatic rings. The maximum Gasteiger partial charge on any atom is 1.00 e. The van der Waals surface area contributed by atoms with Gasteiger partial charge in [0.15, 0.2) is 0 Å². The van der Waals surface area contributed by atoms with Crippen molar-refractivity contribution in [3.05, 3.63) is 29.8 Å². The second-order valence-corrected chi connectivity index (χ2v) is 3.59. The molecule has 0 fully saturated rings. The van der Waals surface area contributed by atoms with E-state index in [4.69, 9.17) is 4.55 Å². The normalized spacial score (nSPS) is 10.2. The van der Waals surface area contributed by atoms with E-state index in [1.54, 1.807) is 0 Å². The monoisotopic (exact) mass is 209 g/mol. The van der Waals surface area contributed by atoms with Gasteiger partial charge in [-0.25, -0.2) is 0 Å². The van der Waals surface area contributed by atoms with Crippen molar-refractivity contribution in [3.8, 4) is 0 Å². The number of rotatable bonds is 2. The number of hydrogen-bond acceptors (Lipinski definition) is 3. The van der Waals surface area contributed by atoms with Gasteiger partial charge in [-0.3, -0.25) is 9.35 Å². The average molecular weight is 209 g/mol. The van der Waals surface area contributed by atoms with E-state index in [2.05, 4.69) is 0 Å². The molecule has 4 nitrogen and oxygen atoms in total. The number of benzene rings is 1. The van der Waals surface area contributed by atoms with Gasteiger partial charge in [-0.05, 0) is 12.1 Å². The molecule has 0 spiro atoms. The van der Waals surface area contributed by atoms with E-state index in [1.165, 1.54) is 18.2 Å². The Morgan fingerprint density at radius 2 is 1.92 bits per heavy atom. The Balaban J connectivity index is 0.00000144. The van der Waals surface area contributed by atoms with Crippen LogP contribution in [0.2, 0.25) is 0 Å². The Kier molecular flexibility index (Phi) is 4.80. The fraction of sp³-hybridized carbons (Fsp3) is 0. The van der Waals surface area contributed by atoms with Crippen LogP contribution in [0.1, 0.15) is 10.4 Å². The van der Waals surface area contributed by atoms with Gasteiger partial charge in [0.25, 0.3) is 10.1 Å². The topological polar surface area (TPSA) is 71.4 Å². The molecule has 0 heterocycles. The van der Waals surface area contributed by atoms with Gasteiger partial charge in [-0.15, -0.1) is 0 Å². The molecular weight excluding hydrogens is 203 g/mol. The van der Waals surface area contributed by atoms with E-state index < -0.39 is 10.1 Å². The largest absolute Gasteiger partial charge is 1.00 e. The van der Waals surface area contributed by atoms with Crippen LogP contribution in [0.4, 0.5) is 0 Å². The Hall–Kier alpha value is -0.200. The molecule has 0 unspecified atom stereocenters. The third-order valence-electron chi connectivity index (χ3n) is 1.29. The Morgan fingerprint density at radius 3 is 2.38 bits per heavy atom. The summed E-state index contributed by atoms with van der Waals surface area (Å²) in [7, 11) is -4.19. The molecule has 1 aromatic carbocycles. The van der Waals surface area contributed by atoms with Gasteiger partial charge >= 0.3 is 29.6 Å². The molecular formula is C7H6NaO4S+. The van der Waals surface area contributed by atoms with Crippen molar-refractivity contribution in [2.24, 2.45) is 0 Å². The summed E-state index contributed by atoms with van der Waals surface area (Å²) in [5.41, 5.74) is 0.213. The van der Waals surface area contributed by atoms with Crippen molar-refractivity contribution in [2.75, 3.05) is 0 Å². The Morgan fingerprint density at radius 1 is 1.31 bits per heavy atom. The van der Waals surface area contributed by atoms with Crippen LogP contribution in [0.15, 0.2) is 29.2 Å². The first kappa shape index (κ1) is 12.8. The van der Waals surface area contributed by atoms with Gasteiger partial charge in [0.1, 0.15) is 6.29 Å². The summed E-state index contributed by atoms with van der Waals surface area (Å²) < 4.78 is 29.6. The van der Waals surface area contributed by atoms with Crippen LogP contribution in [0, 0.1) is 0 Å². The number of carbonyl (C=O) groups excluding carboxylic acids is 1. The standard InChI is InChI=1S/C7H6O4S.Na/c8-5-6-2-1-3-7(4-6)12(9,10)11;/h1-5H,(H,9,10,11);/q;+1. The van der Waals surface area contributed by atoms with Crippen molar-refractivity contribution >= 4 is 16.4 Å². The van der Waals surface area contributed by atoms with Crippen molar-refractivity contribution in [2.45, 2.75) is 4.90 Å². The Labute approximate surface area is 98.0 Å². The molecule has 0 saturated carbocycles. The van der Waals surface area contributed by atoms with Crippen LogP contribution in [0.5, 0.6) is 0 Å². The van der Waals surface area contributed by atoms with E-state index in [9.17, 15) is 13.2 Å². The summed E-state index contributed by atoms with van der Waals surface area (Å²) in [5.74, 6) is 0. The summed E-state index contributed by atoms with van der Waals surface area (Å²) in [6, 6.07) is 5.14. The predicted octanol–water partition coefficient (Wildman–Crippen LogP) is -2.25. The zero-order valence-electron chi connectivity index (χ0n) is 6.97. The molecule has 0 amide bonds. The van der Waals surface area contributed by atoms with Gasteiger partial charge in [-0.1, -0.05) is 12.1 Å². The quantitative estimate of drug-likeness (QED) is 0.339. The van der Waals surface area contributed by atoms with E-state index in [1.807, 2.05) is 0 Å². The SMILES string of the molecule is O=Cc1cccc(S(=O)(=O)O)c1.[Na+]. The van der Waals surface area contributed by atoms with Crippen LogP contribution >= 0.6 is 0 Å². The first-order chi connectivity index (χ1) is 5.54. The maximum absolute atomic E-state index is 10.5. The smallest absolute Gasteiger partial charge is 0.298 e. The first-order valence-corrected chi connectivity index (χ1v) is 4.51. The minimum Gasteiger partial charge on any atom is -0.298 e. The second kappa shape index (κ2) is 4.88. The molecule has 13 heavy (non-hydrogen) atoms. The van der Waals surface area contributed by atoms with Gasteiger partial charge in [-0.2, -0.15) is 8.42 Å². The molecule has 0 aliphatic carbocycles. The molecule has 1 rings (SSSR count). The maximum atomic E-state index is 10.5. The molecule has 0 radical (unpaired) electrons. The van der Waals surface area contributed by atoms with Crippen LogP contribution in [-0.4, -0.2) is 19.3 Å². The molecule has 0 saturated heterocycles. The van der Waals surface area contributed by atoms with Crippen LogP contribution < -0.4 is 29.6 Å². The van der Waals surface area contributed by atoms with Crippen molar-refractivity contribution in [3.63, 3.8) is 0 Å². The summed E-state index contributed by atoms with van der Waals surface area (Å²) in [5, 5.41) is 0. The molecule has 0 aliphatic rings. The fourth-order valence-corrected chi connectivity index (χ4v) is 1.28. The zero-order valence-corrected chi connectivity index (χ0v) is 9.78. The molecule has 1 N–H and O–H groups in total. The minimum absolute atomic E-state index is 0. The minimum atomic E-state index is -4.19. The van der Waals surface area contributed by atoms with Crippen molar-refractivity contribution in [1.29, 1.82) is 0 Å². The number of carbonyl (C=O) groups is 1. The summed E-state index contributed by atoms with van der Waals surface area (Å²) in [6.45, 7) is 0. The van der Waals surface area contributed by atoms with Crippen molar-refractivity contribution in [1.82, 2.24) is 0 Å². The van der Waals surface area contributed by atoms with E-state index in [0.29, 0.717) is 6.29 Å². The Bertz CT molecular complexity index is 399. The van der Waals surface area contributed by atoms with E-state index in [-0.39, 0.29) is 40.0 Å². The first-order valence-electron chi connectivity index (χ1n) is 3.07. The molecule has 0 bridgehead atoms. The van der Waals surface area contributed by atoms with Crippen LogP contribution in [0.25, 0.3) is 0 Å². The molecule has 64 valence electrons. The molecule has 0 atom stereocenters. The molecule has 0 aromatic heterocycles. The zero-order chi connectivity index (χ0) is 9.19. The molecule has 6 heteroatoms. The average Bonchev–Trinajstić information content (AvgIpc) is 2.03.